The maximum Gasteiger partial charge on any atom is 0.340 e. The summed E-state index contributed by atoms with van der Waals surface area (Å²) in [5.74, 6) is -0.397. The van der Waals surface area contributed by atoms with Gasteiger partial charge >= 0.3 is 5.97 Å². The van der Waals surface area contributed by atoms with E-state index in [0.29, 0.717) is 24.2 Å². The minimum atomic E-state index is -0.397. The van der Waals surface area contributed by atoms with Crippen molar-refractivity contribution in [3.8, 4) is 0 Å². The van der Waals surface area contributed by atoms with Crippen LogP contribution in [-0.4, -0.2) is 22.4 Å². The summed E-state index contributed by atoms with van der Waals surface area (Å²) in [5, 5.41) is 0.985. The van der Waals surface area contributed by atoms with Crippen LogP contribution in [0, 0.1) is 0 Å². The third kappa shape index (κ3) is 5.30. The van der Waals surface area contributed by atoms with Gasteiger partial charge in [-0.25, -0.2) is 9.78 Å². The number of fused-ring (bicyclic) bond motifs is 1. The summed E-state index contributed by atoms with van der Waals surface area (Å²) in [6.07, 6.45) is 3.89. The van der Waals surface area contributed by atoms with Gasteiger partial charge in [-0.05, 0) is 47.4 Å². The molecular weight excluding hydrogens is 392 g/mol. The molecule has 2 aromatic heterocycles. The third-order valence-corrected chi connectivity index (χ3v) is 4.76. The number of ether oxygens (including phenoxy) is 2. The van der Waals surface area contributed by atoms with Crippen LogP contribution in [0.15, 0.2) is 79.1 Å². The van der Waals surface area contributed by atoms with Crippen molar-refractivity contribution in [2.75, 3.05) is 0 Å². The topological polar surface area (TPSA) is 78.4 Å². The molecule has 154 valence electrons. The number of carbonyl (C=O) groups is 2. The minimum Gasteiger partial charge on any atom is -0.461 e. The van der Waals surface area contributed by atoms with E-state index in [0.717, 1.165) is 27.6 Å². The second-order valence-corrected chi connectivity index (χ2v) is 7.06. The van der Waals surface area contributed by atoms with Crippen molar-refractivity contribution in [2.45, 2.75) is 19.6 Å². The summed E-state index contributed by atoms with van der Waals surface area (Å²) in [5.41, 5.74) is 4.87. The first kappa shape index (κ1) is 20.2. The number of hydrogen-bond donors (Lipinski definition) is 0. The monoisotopic (exact) mass is 412 g/mol. The summed E-state index contributed by atoms with van der Waals surface area (Å²) >= 11 is 0. The van der Waals surface area contributed by atoms with E-state index in [2.05, 4.69) is 9.97 Å². The van der Waals surface area contributed by atoms with E-state index in [4.69, 9.17) is 9.47 Å². The molecule has 0 N–H and O–H groups in total. The molecule has 0 spiro atoms. The zero-order valence-electron chi connectivity index (χ0n) is 16.7. The van der Waals surface area contributed by atoms with Gasteiger partial charge in [-0.15, -0.1) is 0 Å². The smallest absolute Gasteiger partial charge is 0.340 e. The molecule has 2 aromatic carbocycles. The highest BCUT2D eigenvalue weighted by atomic mass is 16.5. The molecule has 31 heavy (non-hydrogen) atoms. The Labute approximate surface area is 179 Å². The Morgan fingerprint density at radius 1 is 0.871 bits per heavy atom. The van der Waals surface area contributed by atoms with Crippen LogP contribution < -0.4 is 0 Å². The predicted octanol–water partition coefficient (Wildman–Crippen LogP) is 4.25. The van der Waals surface area contributed by atoms with Gasteiger partial charge in [-0.2, -0.15) is 0 Å². The van der Waals surface area contributed by atoms with Crippen LogP contribution in [0.4, 0.5) is 0 Å². The molecule has 0 amide bonds. The lowest BCUT2D eigenvalue weighted by molar-refractivity contribution is -0.129. The maximum absolute atomic E-state index is 12.4. The Bertz CT molecular complexity index is 1210. The van der Waals surface area contributed by atoms with Gasteiger partial charge in [0.15, 0.2) is 0 Å². The standard InChI is InChI=1S/C25H20N2O4/c28-17-30-16-23-8-7-21-11-19(6-9-24(21)27-23)10-20-12-22(14-26-13-20)25(29)31-15-18-4-2-1-3-5-18/h1-9,11-14,17H,10,15-16H2. The van der Waals surface area contributed by atoms with Gasteiger partial charge in [0.25, 0.3) is 6.47 Å². The lowest BCUT2D eigenvalue weighted by Gasteiger charge is -2.08. The summed E-state index contributed by atoms with van der Waals surface area (Å²) in [6.45, 7) is 0.788. The fourth-order valence-electron chi connectivity index (χ4n) is 3.27. The van der Waals surface area contributed by atoms with E-state index in [-0.39, 0.29) is 13.2 Å². The highest BCUT2D eigenvalue weighted by molar-refractivity contribution is 5.89. The largest absolute Gasteiger partial charge is 0.461 e. The molecule has 4 aromatic rings. The van der Waals surface area contributed by atoms with Gasteiger partial charge in [-0.1, -0.05) is 42.5 Å². The molecule has 0 unspecified atom stereocenters. The van der Waals surface area contributed by atoms with E-state index in [9.17, 15) is 9.59 Å². The molecule has 0 aliphatic carbocycles. The number of carbonyl (C=O) groups excluding carboxylic acids is 2. The second-order valence-electron chi connectivity index (χ2n) is 7.06. The number of hydrogen-bond acceptors (Lipinski definition) is 6. The van der Waals surface area contributed by atoms with E-state index >= 15 is 0 Å². The number of rotatable bonds is 8. The maximum atomic E-state index is 12.4. The molecule has 0 aliphatic heterocycles. The zero-order chi connectivity index (χ0) is 21.5. The fraction of sp³-hybridized carbons (Fsp3) is 0.120. The van der Waals surface area contributed by atoms with Gasteiger partial charge in [0.2, 0.25) is 0 Å². The first-order valence-electron chi connectivity index (χ1n) is 9.80. The molecule has 0 saturated carbocycles. The molecule has 0 fully saturated rings. The SMILES string of the molecule is O=COCc1ccc2cc(Cc3cncc(C(=O)OCc4ccccc4)c3)ccc2n1. The molecule has 4 rings (SSSR count). The van der Waals surface area contributed by atoms with Crippen LogP contribution >= 0.6 is 0 Å². The highest BCUT2D eigenvalue weighted by Crippen LogP contribution is 2.18. The van der Waals surface area contributed by atoms with Gasteiger partial charge < -0.3 is 9.47 Å². The van der Waals surface area contributed by atoms with Gasteiger partial charge in [0.1, 0.15) is 13.2 Å². The van der Waals surface area contributed by atoms with Gasteiger partial charge in [0.05, 0.1) is 16.8 Å². The number of esters is 1. The van der Waals surface area contributed by atoms with Crippen molar-refractivity contribution in [1.82, 2.24) is 9.97 Å². The Morgan fingerprint density at radius 2 is 1.74 bits per heavy atom. The predicted molar refractivity (Wildman–Crippen MR) is 115 cm³/mol. The van der Waals surface area contributed by atoms with Crippen LogP contribution in [0.2, 0.25) is 0 Å². The number of benzene rings is 2. The first-order chi connectivity index (χ1) is 15.2. The summed E-state index contributed by atoms with van der Waals surface area (Å²) in [4.78, 5) is 31.4. The molecule has 2 heterocycles. The van der Waals surface area contributed by atoms with Crippen LogP contribution in [0.5, 0.6) is 0 Å². The van der Waals surface area contributed by atoms with E-state index in [1.165, 1.54) is 6.20 Å². The van der Waals surface area contributed by atoms with Crippen LogP contribution in [0.1, 0.15) is 32.7 Å². The first-order valence-corrected chi connectivity index (χ1v) is 9.80. The van der Waals surface area contributed by atoms with Gasteiger partial charge in [-0.3, -0.25) is 9.78 Å². The highest BCUT2D eigenvalue weighted by Gasteiger charge is 2.10. The van der Waals surface area contributed by atoms with E-state index in [1.54, 1.807) is 6.20 Å². The van der Waals surface area contributed by atoms with Gasteiger partial charge in [0, 0.05) is 17.8 Å². The quantitative estimate of drug-likeness (QED) is 0.318. The molecule has 6 heteroatoms. The van der Waals surface area contributed by atoms with Crippen LogP contribution in [0.3, 0.4) is 0 Å². The van der Waals surface area contributed by atoms with Crippen molar-refractivity contribution in [2.24, 2.45) is 0 Å². The average Bonchev–Trinajstić information content (AvgIpc) is 2.82. The second kappa shape index (κ2) is 9.63. The van der Waals surface area contributed by atoms with Crippen molar-refractivity contribution < 1.29 is 19.1 Å². The van der Waals surface area contributed by atoms with Crippen LogP contribution in [0.25, 0.3) is 10.9 Å². The van der Waals surface area contributed by atoms with Crippen LogP contribution in [-0.2, 0) is 33.9 Å². The Kier molecular flexibility index (Phi) is 6.28. The summed E-state index contributed by atoms with van der Waals surface area (Å²) < 4.78 is 10.2. The minimum absolute atomic E-state index is 0.153. The van der Waals surface area contributed by atoms with E-state index in [1.807, 2.05) is 66.7 Å². The summed E-state index contributed by atoms with van der Waals surface area (Å²) in [7, 11) is 0. The van der Waals surface area contributed by atoms with Crippen molar-refractivity contribution >= 4 is 23.3 Å². The Morgan fingerprint density at radius 3 is 2.58 bits per heavy atom. The van der Waals surface area contributed by atoms with Crippen molar-refractivity contribution in [1.29, 1.82) is 0 Å². The van der Waals surface area contributed by atoms with Crippen molar-refractivity contribution in [3.05, 3.63) is 107 Å². The lowest BCUT2D eigenvalue weighted by Crippen LogP contribution is -2.06. The fourth-order valence-corrected chi connectivity index (χ4v) is 3.27. The molecule has 0 saturated heterocycles. The van der Waals surface area contributed by atoms with E-state index < -0.39 is 5.97 Å². The Hall–Kier alpha value is -4.06. The molecule has 0 bridgehead atoms. The molecule has 0 atom stereocenters. The molecular formula is C25H20N2O4. The summed E-state index contributed by atoms with van der Waals surface area (Å²) in [6, 6.07) is 21.1. The molecule has 0 radical (unpaired) electrons. The lowest BCUT2D eigenvalue weighted by atomic mass is 10.0. The number of nitrogens with zero attached hydrogens (tertiary/aromatic N) is 2. The third-order valence-electron chi connectivity index (χ3n) is 4.76. The Balaban J connectivity index is 1.44. The van der Waals surface area contributed by atoms with Crippen molar-refractivity contribution in [3.63, 3.8) is 0 Å². The number of aromatic nitrogens is 2. The molecule has 6 nitrogen and oxygen atoms in total. The number of pyridine rings is 2. The zero-order valence-corrected chi connectivity index (χ0v) is 16.7. The average molecular weight is 412 g/mol. The normalized spacial score (nSPS) is 10.6. The molecule has 0 aliphatic rings.